The van der Waals surface area contributed by atoms with Crippen molar-refractivity contribution in [3.05, 3.63) is 47.5 Å². The quantitative estimate of drug-likeness (QED) is 0.670. The van der Waals surface area contributed by atoms with Crippen LogP contribution in [0.5, 0.6) is 0 Å². The van der Waals surface area contributed by atoms with Crippen molar-refractivity contribution in [2.24, 2.45) is 0 Å². The number of benzene rings is 2. The number of nitrogens with one attached hydrogen (secondary N) is 2. The zero-order valence-electron chi connectivity index (χ0n) is 14.3. The summed E-state index contributed by atoms with van der Waals surface area (Å²) in [5, 5.41) is 5.42. The van der Waals surface area contributed by atoms with Crippen molar-refractivity contribution >= 4 is 44.7 Å². The zero-order valence-corrected chi connectivity index (χ0v) is 15.9. The maximum Gasteiger partial charge on any atom is 0.323 e. The summed E-state index contributed by atoms with van der Waals surface area (Å²) in [7, 11) is -3.69. The molecule has 1 aliphatic rings. The molecular formula is C17H19ClN4O4S. The molecule has 0 unspecified atom stereocenters. The van der Waals surface area contributed by atoms with Crippen LogP contribution in [-0.2, 0) is 14.8 Å². The molecule has 0 aliphatic carbocycles. The van der Waals surface area contributed by atoms with Gasteiger partial charge in [-0.3, -0.25) is 0 Å². The van der Waals surface area contributed by atoms with Crippen molar-refractivity contribution in [3.8, 4) is 0 Å². The second-order valence-corrected chi connectivity index (χ2v) is 8.20. The Kier molecular flexibility index (Phi) is 5.85. The van der Waals surface area contributed by atoms with Gasteiger partial charge in [-0.25, -0.2) is 13.2 Å². The van der Waals surface area contributed by atoms with Gasteiger partial charge in [0, 0.05) is 24.5 Å². The molecule has 1 heterocycles. The maximum atomic E-state index is 12.7. The molecule has 1 aliphatic heterocycles. The SMILES string of the molecule is Nc1ccc(NC(=O)Nc2cc(S(=O)(=O)N3CCOCC3)ccc2Cl)cc1. The van der Waals surface area contributed by atoms with Crippen LogP contribution in [0.2, 0.25) is 5.02 Å². The van der Waals surface area contributed by atoms with Gasteiger partial charge in [0.25, 0.3) is 0 Å². The number of amides is 2. The van der Waals surface area contributed by atoms with E-state index in [0.29, 0.717) is 24.6 Å². The summed E-state index contributed by atoms with van der Waals surface area (Å²) in [6.45, 7) is 1.26. The third-order valence-corrected chi connectivity index (χ3v) is 6.19. The van der Waals surface area contributed by atoms with E-state index in [0.717, 1.165) is 0 Å². The molecule has 1 saturated heterocycles. The molecule has 4 N–H and O–H groups in total. The molecule has 0 atom stereocenters. The fourth-order valence-electron chi connectivity index (χ4n) is 2.55. The van der Waals surface area contributed by atoms with E-state index in [9.17, 15) is 13.2 Å². The first-order valence-corrected chi connectivity index (χ1v) is 9.99. The molecule has 144 valence electrons. The molecular weight excluding hydrogens is 392 g/mol. The number of hydrogen-bond acceptors (Lipinski definition) is 5. The van der Waals surface area contributed by atoms with Gasteiger partial charge in [0.05, 0.1) is 28.8 Å². The Morgan fingerprint density at radius 2 is 1.74 bits per heavy atom. The minimum absolute atomic E-state index is 0.0524. The van der Waals surface area contributed by atoms with Crippen molar-refractivity contribution in [2.45, 2.75) is 4.90 Å². The highest BCUT2D eigenvalue weighted by atomic mass is 35.5. The Labute approximate surface area is 162 Å². The van der Waals surface area contributed by atoms with Crippen LogP contribution in [0.25, 0.3) is 0 Å². The molecule has 2 amide bonds. The molecule has 27 heavy (non-hydrogen) atoms. The standard InChI is InChI=1S/C17H19ClN4O4S/c18-15-6-5-14(27(24,25)22-7-9-26-10-8-22)11-16(15)21-17(23)20-13-3-1-12(19)2-4-13/h1-6,11H,7-10,19H2,(H2,20,21,23). The molecule has 1 fully saturated rings. The monoisotopic (exact) mass is 410 g/mol. The lowest BCUT2D eigenvalue weighted by Gasteiger charge is -2.26. The number of morpholine rings is 1. The molecule has 0 spiro atoms. The number of nitrogens with zero attached hydrogens (tertiary/aromatic N) is 1. The summed E-state index contributed by atoms with van der Waals surface area (Å²) in [6, 6.07) is 10.2. The molecule has 0 radical (unpaired) electrons. The fraction of sp³-hybridized carbons (Fsp3) is 0.235. The van der Waals surface area contributed by atoms with E-state index in [1.165, 1.54) is 22.5 Å². The van der Waals surface area contributed by atoms with Gasteiger partial charge in [0.15, 0.2) is 0 Å². The van der Waals surface area contributed by atoms with E-state index in [2.05, 4.69) is 10.6 Å². The number of nitrogens with two attached hydrogens (primary N) is 1. The molecule has 2 aromatic rings. The third kappa shape index (κ3) is 4.69. The average Bonchev–Trinajstić information content (AvgIpc) is 2.66. The molecule has 3 rings (SSSR count). The Hall–Kier alpha value is -2.33. The number of rotatable bonds is 4. The van der Waals surface area contributed by atoms with Crippen molar-refractivity contribution in [1.29, 1.82) is 0 Å². The first-order valence-electron chi connectivity index (χ1n) is 8.17. The Morgan fingerprint density at radius 3 is 2.41 bits per heavy atom. The molecule has 0 saturated carbocycles. The lowest BCUT2D eigenvalue weighted by molar-refractivity contribution is 0.0730. The molecule has 2 aromatic carbocycles. The Morgan fingerprint density at radius 1 is 1.07 bits per heavy atom. The number of carbonyl (C=O) groups is 1. The van der Waals surface area contributed by atoms with Crippen LogP contribution in [-0.4, -0.2) is 45.1 Å². The van der Waals surface area contributed by atoms with Crippen LogP contribution >= 0.6 is 11.6 Å². The summed E-state index contributed by atoms with van der Waals surface area (Å²) in [4.78, 5) is 12.2. The molecule has 0 bridgehead atoms. The van der Waals surface area contributed by atoms with Gasteiger partial charge < -0.3 is 21.1 Å². The van der Waals surface area contributed by atoms with E-state index >= 15 is 0 Å². The van der Waals surface area contributed by atoms with E-state index in [4.69, 9.17) is 22.1 Å². The number of ether oxygens (including phenoxy) is 1. The van der Waals surface area contributed by atoms with Crippen molar-refractivity contribution in [2.75, 3.05) is 42.7 Å². The topological polar surface area (TPSA) is 114 Å². The summed E-state index contributed by atoms with van der Waals surface area (Å²) < 4.78 is 32.0. The highest BCUT2D eigenvalue weighted by Gasteiger charge is 2.27. The van der Waals surface area contributed by atoms with Gasteiger partial charge in [0.1, 0.15) is 0 Å². The lowest BCUT2D eigenvalue weighted by atomic mass is 10.3. The van der Waals surface area contributed by atoms with Crippen molar-refractivity contribution < 1.29 is 17.9 Å². The second kappa shape index (κ2) is 8.13. The van der Waals surface area contributed by atoms with E-state index in [1.807, 2.05) is 0 Å². The van der Waals surface area contributed by atoms with E-state index in [1.54, 1.807) is 24.3 Å². The highest BCUT2D eigenvalue weighted by Crippen LogP contribution is 2.27. The number of anilines is 3. The number of urea groups is 1. The van der Waals surface area contributed by atoms with Crippen LogP contribution in [0, 0.1) is 0 Å². The van der Waals surface area contributed by atoms with Gasteiger partial charge >= 0.3 is 6.03 Å². The van der Waals surface area contributed by atoms with Crippen LogP contribution in [0.15, 0.2) is 47.4 Å². The summed E-state index contributed by atoms with van der Waals surface area (Å²) in [6.07, 6.45) is 0. The molecule has 8 nitrogen and oxygen atoms in total. The summed E-state index contributed by atoms with van der Waals surface area (Å²) in [5.41, 5.74) is 6.91. The maximum absolute atomic E-state index is 12.7. The van der Waals surface area contributed by atoms with Crippen LogP contribution in [0.3, 0.4) is 0 Å². The first-order chi connectivity index (χ1) is 12.9. The molecule has 10 heteroatoms. The zero-order chi connectivity index (χ0) is 19.4. The lowest BCUT2D eigenvalue weighted by Crippen LogP contribution is -2.40. The minimum atomic E-state index is -3.69. The van der Waals surface area contributed by atoms with Gasteiger partial charge in [0.2, 0.25) is 10.0 Å². The number of hydrogen-bond donors (Lipinski definition) is 3. The largest absolute Gasteiger partial charge is 0.399 e. The fourth-order valence-corrected chi connectivity index (χ4v) is 4.15. The highest BCUT2D eigenvalue weighted by molar-refractivity contribution is 7.89. The minimum Gasteiger partial charge on any atom is -0.399 e. The normalized spacial score (nSPS) is 15.3. The van der Waals surface area contributed by atoms with Crippen molar-refractivity contribution in [1.82, 2.24) is 4.31 Å². The van der Waals surface area contributed by atoms with Crippen LogP contribution in [0.1, 0.15) is 0 Å². The number of carbonyl (C=O) groups excluding carboxylic acids is 1. The Balaban J connectivity index is 1.76. The predicted molar refractivity (Wildman–Crippen MR) is 105 cm³/mol. The summed E-state index contributed by atoms with van der Waals surface area (Å²) in [5.74, 6) is 0. The van der Waals surface area contributed by atoms with Gasteiger partial charge in [-0.2, -0.15) is 4.31 Å². The van der Waals surface area contributed by atoms with E-state index < -0.39 is 16.1 Å². The number of sulfonamides is 1. The molecule has 0 aromatic heterocycles. The first kappa shape index (κ1) is 19.4. The number of nitrogen functional groups attached to an aromatic ring is 1. The Bertz CT molecular complexity index is 928. The van der Waals surface area contributed by atoms with Gasteiger partial charge in [-0.05, 0) is 42.5 Å². The smallest absolute Gasteiger partial charge is 0.323 e. The van der Waals surface area contributed by atoms with Gasteiger partial charge in [-0.15, -0.1) is 0 Å². The number of halogens is 1. The van der Waals surface area contributed by atoms with Crippen molar-refractivity contribution in [3.63, 3.8) is 0 Å². The van der Waals surface area contributed by atoms with Crippen LogP contribution in [0.4, 0.5) is 21.9 Å². The van der Waals surface area contributed by atoms with Gasteiger partial charge in [-0.1, -0.05) is 11.6 Å². The van der Waals surface area contributed by atoms with Crippen LogP contribution < -0.4 is 16.4 Å². The van der Waals surface area contributed by atoms with E-state index in [-0.39, 0.29) is 28.7 Å². The predicted octanol–water partition coefficient (Wildman–Crippen LogP) is 2.59. The second-order valence-electron chi connectivity index (χ2n) is 5.86. The average molecular weight is 411 g/mol. The summed E-state index contributed by atoms with van der Waals surface area (Å²) >= 11 is 6.11. The third-order valence-electron chi connectivity index (χ3n) is 3.96.